The maximum Gasteiger partial charge on any atom is 0.336 e. The largest absolute Gasteiger partial charge is 0.478 e. The van der Waals surface area contributed by atoms with Gasteiger partial charge in [0.25, 0.3) is 0 Å². The molecule has 0 saturated carbocycles. The fraction of sp³-hybridized carbons (Fsp3) is 0.474. The number of benzene rings is 1. The number of aryl methyl sites for hydroxylation is 1. The van der Waals surface area contributed by atoms with Crippen molar-refractivity contribution in [1.29, 1.82) is 0 Å². The van der Waals surface area contributed by atoms with Gasteiger partial charge < -0.3 is 9.84 Å². The van der Waals surface area contributed by atoms with Crippen LogP contribution in [0.2, 0.25) is 0 Å². The Labute approximate surface area is 138 Å². The molecule has 1 aromatic rings. The lowest BCUT2D eigenvalue weighted by atomic mass is 10.0. The molecule has 0 radical (unpaired) electrons. The number of hydrogen-bond acceptors (Lipinski definition) is 3. The molecular formula is C19H26O4. The van der Waals surface area contributed by atoms with E-state index < -0.39 is 11.9 Å². The van der Waals surface area contributed by atoms with Crippen LogP contribution in [0.4, 0.5) is 0 Å². The summed E-state index contributed by atoms with van der Waals surface area (Å²) >= 11 is 0. The van der Waals surface area contributed by atoms with E-state index in [0.29, 0.717) is 5.75 Å². The lowest BCUT2D eigenvalue weighted by molar-refractivity contribution is -0.133. The summed E-state index contributed by atoms with van der Waals surface area (Å²) in [5, 5.41) is 8.51. The Kier molecular flexibility index (Phi) is 9.45. The molecular weight excluding hydrogens is 292 g/mol. The van der Waals surface area contributed by atoms with E-state index in [9.17, 15) is 9.59 Å². The first-order valence-electron chi connectivity index (χ1n) is 8.34. The summed E-state index contributed by atoms with van der Waals surface area (Å²) < 4.78 is 5.22. The van der Waals surface area contributed by atoms with E-state index in [2.05, 4.69) is 6.92 Å². The van der Waals surface area contributed by atoms with Gasteiger partial charge in [-0.3, -0.25) is 0 Å². The van der Waals surface area contributed by atoms with Gasteiger partial charge >= 0.3 is 11.9 Å². The van der Waals surface area contributed by atoms with E-state index in [1.807, 2.05) is 12.1 Å². The van der Waals surface area contributed by atoms with E-state index in [0.717, 1.165) is 30.6 Å². The van der Waals surface area contributed by atoms with Crippen LogP contribution in [-0.2, 0) is 16.0 Å². The number of aliphatic carboxylic acids is 1. The van der Waals surface area contributed by atoms with Gasteiger partial charge in [-0.15, -0.1) is 0 Å². The molecule has 0 aliphatic heterocycles. The normalized spacial score (nSPS) is 10.8. The van der Waals surface area contributed by atoms with E-state index in [4.69, 9.17) is 9.84 Å². The summed E-state index contributed by atoms with van der Waals surface area (Å²) in [6, 6.07) is 7.41. The molecule has 0 saturated heterocycles. The van der Waals surface area contributed by atoms with E-state index >= 15 is 0 Å². The lowest BCUT2D eigenvalue weighted by Crippen LogP contribution is -2.06. The number of carbonyl (C=O) groups is 2. The molecule has 126 valence electrons. The van der Waals surface area contributed by atoms with Crippen molar-refractivity contribution in [3.05, 3.63) is 42.0 Å². The van der Waals surface area contributed by atoms with Gasteiger partial charge in [0.2, 0.25) is 0 Å². The molecule has 0 aliphatic carbocycles. The zero-order valence-electron chi connectivity index (χ0n) is 13.8. The SMILES string of the molecule is CCCCCCCCCc1ccccc1OC(=O)C=CC(=O)O. The second kappa shape index (κ2) is 11.5. The van der Waals surface area contributed by atoms with Crippen molar-refractivity contribution in [3.63, 3.8) is 0 Å². The van der Waals surface area contributed by atoms with Crippen molar-refractivity contribution >= 4 is 11.9 Å². The number of unbranched alkanes of at least 4 members (excludes halogenated alkanes) is 6. The minimum Gasteiger partial charge on any atom is -0.478 e. The fourth-order valence-corrected chi connectivity index (χ4v) is 2.36. The molecule has 4 heteroatoms. The summed E-state index contributed by atoms with van der Waals surface area (Å²) in [6.45, 7) is 2.21. The molecule has 0 unspecified atom stereocenters. The van der Waals surface area contributed by atoms with E-state index in [1.54, 1.807) is 12.1 Å². The van der Waals surface area contributed by atoms with E-state index in [-0.39, 0.29) is 0 Å². The average molecular weight is 318 g/mol. The molecule has 0 aromatic heterocycles. The minimum atomic E-state index is -1.17. The van der Waals surface area contributed by atoms with Crippen molar-refractivity contribution in [1.82, 2.24) is 0 Å². The summed E-state index contributed by atoms with van der Waals surface area (Å²) in [4.78, 5) is 22.0. The number of carboxylic acid groups (broad SMARTS) is 1. The Balaban J connectivity index is 2.41. The van der Waals surface area contributed by atoms with Gasteiger partial charge in [0.05, 0.1) is 0 Å². The van der Waals surface area contributed by atoms with Gasteiger partial charge in [0, 0.05) is 12.2 Å². The topological polar surface area (TPSA) is 63.6 Å². The Hall–Kier alpha value is -2.10. The Morgan fingerprint density at radius 3 is 2.35 bits per heavy atom. The fourth-order valence-electron chi connectivity index (χ4n) is 2.36. The summed E-state index contributed by atoms with van der Waals surface area (Å²) in [5.41, 5.74) is 0.984. The van der Waals surface area contributed by atoms with Crippen LogP contribution >= 0.6 is 0 Å². The number of hydrogen-bond donors (Lipinski definition) is 1. The molecule has 1 N–H and O–H groups in total. The van der Waals surface area contributed by atoms with Crippen molar-refractivity contribution < 1.29 is 19.4 Å². The molecule has 23 heavy (non-hydrogen) atoms. The predicted molar refractivity (Wildman–Crippen MR) is 90.5 cm³/mol. The van der Waals surface area contributed by atoms with Gasteiger partial charge in [0.1, 0.15) is 5.75 Å². The van der Waals surface area contributed by atoms with E-state index in [1.165, 1.54) is 38.5 Å². The third-order valence-corrected chi connectivity index (χ3v) is 3.59. The van der Waals surface area contributed by atoms with Gasteiger partial charge in [-0.1, -0.05) is 63.6 Å². The van der Waals surface area contributed by atoms with Gasteiger partial charge in [-0.05, 0) is 24.5 Å². The lowest BCUT2D eigenvalue weighted by Gasteiger charge is -2.08. The third-order valence-electron chi connectivity index (χ3n) is 3.59. The monoisotopic (exact) mass is 318 g/mol. The summed E-state index contributed by atoms with van der Waals surface area (Å²) in [7, 11) is 0. The quantitative estimate of drug-likeness (QED) is 0.282. The van der Waals surface area contributed by atoms with Crippen LogP contribution in [0, 0.1) is 0 Å². The summed E-state index contributed by atoms with van der Waals surface area (Å²) in [6.07, 6.45) is 11.2. The molecule has 0 aliphatic rings. The highest BCUT2D eigenvalue weighted by Gasteiger charge is 2.07. The maximum absolute atomic E-state index is 11.6. The molecule has 0 fully saturated rings. The second-order valence-electron chi connectivity index (χ2n) is 5.57. The zero-order chi connectivity index (χ0) is 16.9. The Bertz CT molecular complexity index is 520. The van der Waals surface area contributed by atoms with Gasteiger partial charge in [-0.25, -0.2) is 9.59 Å². The van der Waals surface area contributed by atoms with Crippen LogP contribution in [0.1, 0.15) is 57.4 Å². The molecule has 4 nitrogen and oxygen atoms in total. The van der Waals surface area contributed by atoms with Crippen LogP contribution in [0.3, 0.4) is 0 Å². The average Bonchev–Trinajstić information content (AvgIpc) is 2.53. The highest BCUT2D eigenvalue weighted by Crippen LogP contribution is 2.21. The number of ether oxygens (including phenoxy) is 1. The van der Waals surface area contributed by atoms with Crippen LogP contribution in [0.5, 0.6) is 5.75 Å². The molecule has 1 aromatic carbocycles. The van der Waals surface area contributed by atoms with Crippen molar-refractivity contribution in [2.45, 2.75) is 58.3 Å². The number of esters is 1. The van der Waals surface area contributed by atoms with Crippen LogP contribution in [0.25, 0.3) is 0 Å². The van der Waals surface area contributed by atoms with Crippen molar-refractivity contribution in [2.24, 2.45) is 0 Å². The van der Waals surface area contributed by atoms with Crippen LogP contribution in [0.15, 0.2) is 36.4 Å². The molecule has 0 bridgehead atoms. The molecule has 0 heterocycles. The van der Waals surface area contributed by atoms with Crippen molar-refractivity contribution in [2.75, 3.05) is 0 Å². The smallest absolute Gasteiger partial charge is 0.336 e. The highest BCUT2D eigenvalue weighted by molar-refractivity contribution is 5.91. The minimum absolute atomic E-state index is 0.513. The first-order chi connectivity index (χ1) is 11.1. The van der Waals surface area contributed by atoms with Gasteiger partial charge in [-0.2, -0.15) is 0 Å². The highest BCUT2D eigenvalue weighted by atomic mass is 16.5. The van der Waals surface area contributed by atoms with Crippen molar-refractivity contribution in [3.8, 4) is 5.75 Å². The standard InChI is InChI=1S/C19H26O4/c1-2-3-4-5-6-7-8-11-16-12-9-10-13-17(16)23-19(22)15-14-18(20)21/h9-10,12-15H,2-8,11H2,1H3,(H,20,21). The Morgan fingerprint density at radius 2 is 1.65 bits per heavy atom. The van der Waals surface area contributed by atoms with Crippen LogP contribution < -0.4 is 4.74 Å². The summed E-state index contributed by atoms with van der Waals surface area (Å²) in [5.74, 6) is -1.32. The number of carbonyl (C=O) groups excluding carboxylic acids is 1. The zero-order valence-corrected chi connectivity index (χ0v) is 13.8. The third kappa shape index (κ3) is 8.81. The Morgan fingerprint density at radius 1 is 1.00 bits per heavy atom. The number of carboxylic acids is 1. The predicted octanol–water partition coefficient (Wildman–Crippen LogP) is 4.53. The molecule has 0 atom stereocenters. The maximum atomic E-state index is 11.6. The first-order valence-corrected chi connectivity index (χ1v) is 8.34. The number of para-hydroxylation sites is 1. The van der Waals surface area contributed by atoms with Crippen LogP contribution in [-0.4, -0.2) is 17.0 Å². The second-order valence-corrected chi connectivity index (χ2v) is 5.57. The molecule has 1 rings (SSSR count). The van der Waals surface area contributed by atoms with Gasteiger partial charge in [0.15, 0.2) is 0 Å². The first kappa shape index (κ1) is 18.9. The number of rotatable bonds is 11. The molecule has 0 spiro atoms. The molecule has 0 amide bonds.